The number of nitrogens with zero attached hydrogens (tertiary/aromatic N) is 3. The van der Waals surface area contributed by atoms with Crippen molar-refractivity contribution < 1.29 is 4.74 Å². The van der Waals surface area contributed by atoms with Crippen molar-refractivity contribution in [2.45, 2.75) is 38.6 Å². The van der Waals surface area contributed by atoms with Crippen molar-refractivity contribution in [1.82, 2.24) is 14.9 Å². The van der Waals surface area contributed by atoms with Gasteiger partial charge in [-0.2, -0.15) is 0 Å². The molecule has 1 fully saturated rings. The number of hydrogen-bond donors (Lipinski definition) is 0. The number of rotatable bonds is 7. The quantitative estimate of drug-likeness (QED) is 0.713. The molecule has 0 atom stereocenters. The van der Waals surface area contributed by atoms with E-state index < -0.39 is 0 Å². The molecule has 0 radical (unpaired) electrons. The predicted octanol–water partition coefficient (Wildman–Crippen LogP) is 2.56. The number of aromatic nitrogens is 2. The van der Waals surface area contributed by atoms with Gasteiger partial charge in [-0.05, 0) is 26.3 Å². The minimum Gasteiger partial charge on any atom is -0.476 e. The van der Waals surface area contributed by atoms with Gasteiger partial charge in [0.1, 0.15) is 18.1 Å². The first-order chi connectivity index (χ1) is 8.72. The summed E-state index contributed by atoms with van der Waals surface area (Å²) in [6.45, 7) is 3.68. The highest BCUT2D eigenvalue weighted by Crippen LogP contribution is 2.26. The number of hydrogen-bond acceptors (Lipinski definition) is 4. The Bertz CT molecular complexity index is 396. The van der Waals surface area contributed by atoms with Crippen LogP contribution in [0.4, 0.5) is 0 Å². The maximum atomic E-state index is 6.07. The van der Waals surface area contributed by atoms with Gasteiger partial charge in [0.15, 0.2) is 0 Å². The van der Waals surface area contributed by atoms with Gasteiger partial charge in [0.05, 0.1) is 5.56 Å². The van der Waals surface area contributed by atoms with Crippen LogP contribution < -0.4 is 4.74 Å². The third-order valence-corrected chi connectivity index (χ3v) is 3.53. The van der Waals surface area contributed by atoms with E-state index in [0.29, 0.717) is 17.6 Å². The zero-order valence-corrected chi connectivity index (χ0v) is 11.8. The highest BCUT2D eigenvalue weighted by atomic mass is 35.5. The molecule has 0 aromatic carbocycles. The SMILES string of the molecule is CCCc1c(Cl)ncnc1OCCN(C)C1CC1. The Labute approximate surface area is 113 Å². The van der Waals surface area contributed by atoms with E-state index in [1.54, 1.807) is 0 Å². The van der Waals surface area contributed by atoms with Crippen LogP contribution in [0.5, 0.6) is 5.88 Å². The standard InChI is InChI=1S/C13H20ClN3O/c1-3-4-11-12(14)15-9-16-13(11)18-8-7-17(2)10-5-6-10/h9-10H,3-8H2,1-2H3. The molecule has 0 spiro atoms. The molecule has 0 unspecified atom stereocenters. The Balaban J connectivity index is 1.89. The number of halogens is 1. The van der Waals surface area contributed by atoms with Gasteiger partial charge in [-0.3, -0.25) is 0 Å². The van der Waals surface area contributed by atoms with Crippen LogP contribution in [-0.2, 0) is 6.42 Å². The maximum Gasteiger partial charge on any atom is 0.221 e. The topological polar surface area (TPSA) is 38.3 Å². The second-order valence-corrected chi connectivity index (χ2v) is 5.12. The van der Waals surface area contributed by atoms with Crippen LogP contribution in [0.1, 0.15) is 31.7 Å². The molecule has 1 aliphatic rings. The van der Waals surface area contributed by atoms with E-state index in [1.165, 1.54) is 19.2 Å². The van der Waals surface area contributed by atoms with Crippen molar-refractivity contribution in [3.8, 4) is 5.88 Å². The minimum absolute atomic E-state index is 0.511. The summed E-state index contributed by atoms with van der Waals surface area (Å²) in [5.41, 5.74) is 0.927. The van der Waals surface area contributed by atoms with Crippen molar-refractivity contribution in [3.63, 3.8) is 0 Å². The lowest BCUT2D eigenvalue weighted by Gasteiger charge is -2.16. The number of likely N-dealkylation sites (N-methyl/N-ethyl adjacent to an activating group) is 1. The van der Waals surface area contributed by atoms with Gasteiger partial charge in [-0.1, -0.05) is 24.9 Å². The summed E-state index contributed by atoms with van der Waals surface area (Å²) in [6.07, 6.45) is 5.95. The predicted molar refractivity (Wildman–Crippen MR) is 72.2 cm³/mol. The zero-order valence-electron chi connectivity index (χ0n) is 11.0. The van der Waals surface area contributed by atoms with E-state index >= 15 is 0 Å². The average Bonchev–Trinajstić information content (AvgIpc) is 3.17. The third-order valence-electron chi connectivity index (χ3n) is 3.21. The molecule has 18 heavy (non-hydrogen) atoms. The summed E-state index contributed by atoms with van der Waals surface area (Å²) in [4.78, 5) is 10.5. The average molecular weight is 270 g/mol. The lowest BCUT2D eigenvalue weighted by molar-refractivity contribution is 0.224. The fourth-order valence-corrected chi connectivity index (χ4v) is 2.16. The second-order valence-electron chi connectivity index (χ2n) is 4.76. The van der Waals surface area contributed by atoms with E-state index in [9.17, 15) is 0 Å². The molecule has 0 aliphatic heterocycles. The molecule has 4 nitrogen and oxygen atoms in total. The van der Waals surface area contributed by atoms with Crippen LogP contribution in [0.2, 0.25) is 5.15 Å². The third kappa shape index (κ3) is 3.56. The van der Waals surface area contributed by atoms with Crippen molar-refractivity contribution in [2.75, 3.05) is 20.2 Å². The first kappa shape index (κ1) is 13.6. The lowest BCUT2D eigenvalue weighted by Crippen LogP contribution is -2.26. The second kappa shape index (κ2) is 6.34. The monoisotopic (exact) mass is 269 g/mol. The first-order valence-electron chi connectivity index (χ1n) is 6.54. The normalized spacial score (nSPS) is 15.1. The summed E-state index contributed by atoms with van der Waals surface area (Å²) in [5, 5.41) is 0.511. The Kier molecular flexibility index (Phi) is 4.78. The smallest absolute Gasteiger partial charge is 0.221 e. The van der Waals surface area contributed by atoms with Gasteiger partial charge in [-0.15, -0.1) is 0 Å². The van der Waals surface area contributed by atoms with Gasteiger partial charge in [-0.25, -0.2) is 9.97 Å². The Morgan fingerprint density at radius 3 is 2.89 bits per heavy atom. The van der Waals surface area contributed by atoms with Crippen LogP contribution >= 0.6 is 11.6 Å². The molecule has 1 aromatic rings. The Morgan fingerprint density at radius 1 is 1.44 bits per heavy atom. The van der Waals surface area contributed by atoms with Gasteiger partial charge in [0, 0.05) is 12.6 Å². The first-order valence-corrected chi connectivity index (χ1v) is 6.92. The largest absolute Gasteiger partial charge is 0.476 e. The summed E-state index contributed by atoms with van der Waals surface area (Å²) in [5.74, 6) is 0.640. The minimum atomic E-state index is 0.511. The molecule has 1 saturated carbocycles. The molecule has 0 amide bonds. The molecule has 0 saturated heterocycles. The van der Waals surface area contributed by atoms with Crippen molar-refractivity contribution >= 4 is 11.6 Å². The summed E-state index contributed by atoms with van der Waals surface area (Å²) in [7, 11) is 2.14. The van der Waals surface area contributed by atoms with E-state index in [0.717, 1.165) is 31.0 Å². The summed E-state index contributed by atoms with van der Waals surface area (Å²) >= 11 is 6.07. The van der Waals surface area contributed by atoms with Gasteiger partial charge >= 0.3 is 0 Å². The maximum absolute atomic E-state index is 6.07. The highest BCUT2D eigenvalue weighted by molar-refractivity contribution is 6.30. The van der Waals surface area contributed by atoms with Crippen LogP contribution in [0, 0.1) is 0 Å². The molecule has 1 aromatic heterocycles. The fraction of sp³-hybridized carbons (Fsp3) is 0.692. The molecule has 5 heteroatoms. The summed E-state index contributed by atoms with van der Waals surface area (Å²) in [6, 6.07) is 0.762. The van der Waals surface area contributed by atoms with Gasteiger partial charge in [0.25, 0.3) is 0 Å². The fourth-order valence-electron chi connectivity index (χ4n) is 1.94. The molecule has 2 rings (SSSR count). The van der Waals surface area contributed by atoms with E-state index in [4.69, 9.17) is 16.3 Å². The molecule has 100 valence electrons. The molecular formula is C13H20ClN3O. The Morgan fingerprint density at radius 2 is 2.22 bits per heavy atom. The van der Waals surface area contributed by atoms with Crippen LogP contribution in [0.15, 0.2) is 6.33 Å². The zero-order chi connectivity index (χ0) is 13.0. The molecule has 1 heterocycles. The van der Waals surface area contributed by atoms with Crippen LogP contribution in [0.25, 0.3) is 0 Å². The molecule has 0 bridgehead atoms. The van der Waals surface area contributed by atoms with Crippen LogP contribution in [0.3, 0.4) is 0 Å². The highest BCUT2D eigenvalue weighted by Gasteiger charge is 2.25. The lowest BCUT2D eigenvalue weighted by atomic mass is 10.2. The number of ether oxygens (including phenoxy) is 1. The summed E-state index contributed by atoms with van der Waals surface area (Å²) < 4.78 is 5.74. The van der Waals surface area contributed by atoms with E-state index in [2.05, 4.69) is 28.8 Å². The van der Waals surface area contributed by atoms with Gasteiger partial charge in [0.2, 0.25) is 5.88 Å². The molecule has 1 aliphatic carbocycles. The molecule has 0 N–H and O–H groups in total. The van der Waals surface area contributed by atoms with Crippen molar-refractivity contribution in [2.24, 2.45) is 0 Å². The molecular weight excluding hydrogens is 250 g/mol. The van der Waals surface area contributed by atoms with Crippen LogP contribution in [-0.4, -0.2) is 41.1 Å². The van der Waals surface area contributed by atoms with E-state index in [1.807, 2.05) is 0 Å². The van der Waals surface area contributed by atoms with E-state index in [-0.39, 0.29) is 0 Å². The van der Waals surface area contributed by atoms with Crippen molar-refractivity contribution in [3.05, 3.63) is 17.0 Å². The Hall–Kier alpha value is -0.870. The van der Waals surface area contributed by atoms with Gasteiger partial charge < -0.3 is 9.64 Å². The van der Waals surface area contributed by atoms with Crippen molar-refractivity contribution in [1.29, 1.82) is 0 Å².